The molecular weight excluding hydrogens is 214 g/mol. The molecule has 17 heavy (non-hydrogen) atoms. The molecule has 2 aliphatic rings. The van der Waals surface area contributed by atoms with Crippen molar-refractivity contribution in [3.8, 4) is 0 Å². The summed E-state index contributed by atoms with van der Waals surface area (Å²) in [6, 6.07) is 9.00. The van der Waals surface area contributed by atoms with E-state index in [2.05, 4.69) is 17.5 Å². The van der Waals surface area contributed by atoms with Crippen LogP contribution in [0.4, 0.5) is 0 Å². The highest BCUT2D eigenvalue weighted by atomic mass is 16.3. The Morgan fingerprint density at radius 2 is 1.88 bits per heavy atom. The number of rotatable bonds is 2. The van der Waals surface area contributed by atoms with Crippen molar-refractivity contribution >= 4 is 5.91 Å². The maximum atomic E-state index is 12.0. The third kappa shape index (κ3) is 1.76. The number of hydrogen-bond donors (Lipinski definition) is 2. The summed E-state index contributed by atoms with van der Waals surface area (Å²) in [4.78, 5) is 12.0. The third-order valence-corrected chi connectivity index (χ3v) is 3.75. The first-order valence-electron chi connectivity index (χ1n) is 5.98. The molecule has 2 bridgehead atoms. The molecule has 3 heteroatoms. The van der Waals surface area contributed by atoms with E-state index in [0.29, 0.717) is 11.5 Å². The molecule has 0 aromatic heterocycles. The Morgan fingerprint density at radius 3 is 2.53 bits per heavy atom. The van der Waals surface area contributed by atoms with Crippen LogP contribution in [0.1, 0.15) is 16.8 Å². The lowest BCUT2D eigenvalue weighted by atomic mass is 9.98. The Labute approximate surface area is 100 Å². The molecule has 1 aromatic carbocycles. The topological polar surface area (TPSA) is 49.3 Å². The number of nitrogens with one attached hydrogen (secondary N) is 1. The normalized spacial score (nSPS) is 33.9. The number of amides is 1. The van der Waals surface area contributed by atoms with E-state index in [1.165, 1.54) is 0 Å². The number of aliphatic hydroxyl groups is 1. The number of benzene rings is 1. The summed E-state index contributed by atoms with van der Waals surface area (Å²) in [5.74, 6) is 0.416. The van der Waals surface area contributed by atoms with E-state index in [9.17, 15) is 9.90 Å². The van der Waals surface area contributed by atoms with Crippen LogP contribution < -0.4 is 5.32 Å². The molecule has 0 spiro atoms. The summed E-state index contributed by atoms with van der Waals surface area (Å²) in [7, 11) is 0. The fraction of sp³-hybridized carbons (Fsp3) is 0.357. The van der Waals surface area contributed by atoms with Gasteiger partial charge in [-0.25, -0.2) is 0 Å². The van der Waals surface area contributed by atoms with Crippen LogP contribution >= 0.6 is 0 Å². The largest absolute Gasteiger partial charge is 0.390 e. The van der Waals surface area contributed by atoms with Crippen molar-refractivity contribution < 1.29 is 9.90 Å². The van der Waals surface area contributed by atoms with Gasteiger partial charge >= 0.3 is 0 Å². The predicted molar refractivity (Wildman–Crippen MR) is 64.4 cm³/mol. The number of aliphatic hydroxyl groups excluding tert-OH is 1. The second kappa shape index (κ2) is 4.00. The number of fused-ring (bicyclic) bond motifs is 2. The zero-order valence-electron chi connectivity index (χ0n) is 9.41. The molecule has 3 rings (SSSR count). The van der Waals surface area contributed by atoms with Gasteiger partial charge in [0.2, 0.25) is 0 Å². The van der Waals surface area contributed by atoms with Crippen LogP contribution in [0.15, 0.2) is 42.5 Å². The van der Waals surface area contributed by atoms with Crippen molar-refractivity contribution in [2.24, 2.45) is 11.8 Å². The van der Waals surface area contributed by atoms with Crippen LogP contribution in [-0.4, -0.2) is 23.2 Å². The van der Waals surface area contributed by atoms with Gasteiger partial charge in [0, 0.05) is 17.4 Å². The Bertz CT molecular complexity index is 455. The van der Waals surface area contributed by atoms with Gasteiger partial charge in [0.1, 0.15) is 0 Å². The summed E-state index contributed by atoms with van der Waals surface area (Å²) in [5, 5.41) is 12.9. The first kappa shape index (κ1) is 10.5. The van der Waals surface area contributed by atoms with Crippen molar-refractivity contribution in [2.45, 2.75) is 18.6 Å². The van der Waals surface area contributed by atoms with Crippen LogP contribution in [0.25, 0.3) is 0 Å². The highest BCUT2D eigenvalue weighted by Gasteiger charge is 2.44. The van der Waals surface area contributed by atoms with E-state index in [1.807, 2.05) is 18.2 Å². The second-order valence-corrected chi connectivity index (χ2v) is 4.80. The molecule has 2 N–H and O–H groups in total. The molecule has 0 radical (unpaired) electrons. The van der Waals surface area contributed by atoms with Gasteiger partial charge in [0.05, 0.1) is 12.1 Å². The lowest BCUT2D eigenvalue weighted by Crippen LogP contribution is -2.45. The molecule has 4 unspecified atom stereocenters. The molecule has 0 saturated heterocycles. The highest BCUT2D eigenvalue weighted by molar-refractivity contribution is 5.94. The van der Waals surface area contributed by atoms with Crippen LogP contribution in [0.2, 0.25) is 0 Å². The lowest BCUT2D eigenvalue weighted by Gasteiger charge is -2.24. The fourth-order valence-electron chi connectivity index (χ4n) is 2.81. The lowest BCUT2D eigenvalue weighted by molar-refractivity contribution is 0.0810. The highest BCUT2D eigenvalue weighted by Crippen LogP contribution is 2.39. The Balaban J connectivity index is 1.72. The van der Waals surface area contributed by atoms with Crippen LogP contribution in [0, 0.1) is 11.8 Å². The van der Waals surface area contributed by atoms with E-state index >= 15 is 0 Å². The van der Waals surface area contributed by atoms with E-state index in [1.54, 1.807) is 12.1 Å². The molecule has 0 aliphatic heterocycles. The number of carbonyl (C=O) groups is 1. The van der Waals surface area contributed by atoms with Gasteiger partial charge in [-0.3, -0.25) is 4.79 Å². The molecule has 1 fully saturated rings. The second-order valence-electron chi connectivity index (χ2n) is 4.80. The molecule has 0 heterocycles. The summed E-state index contributed by atoms with van der Waals surface area (Å²) >= 11 is 0. The van der Waals surface area contributed by atoms with Crippen molar-refractivity contribution in [3.05, 3.63) is 48.0 Å². The zero-order valence-corrected chi connectivity index (χ0v) is 9.41. The summed E-state index contributed by atoms with van der Waals surface area (Å²) in [6.07, 6.45) is 4.69. The maximum absolute atomic E-state index is 12.0. The van der Waals surface area contributed by atoms with Gasteiger partial charge in [-0.2, -0.15) is 0 Å². The average Bonchev–Trinajstić information content (AvgIpc) is 2.94. The Morgan fingerprint density at radius 1 is 1.18 bits per heavy atom. The maximum Gasteiger partial charge on any atom is 0.251 e. The zero-order chi connectivity index (χ0) is 11.8. The predicted octanol–water partition coefficient (Wildman–Crippen LogP) is 1.35. The smallest absolute Gasteiger partial charge is 0.251 e. The first-order chi connectivity index (χ1) is 8.25. The SMILES string of the molecule is O=C(NC1C2C=CC(C2)C1O)c1ccccc1. The first-order valence-corrected chi connectivity index (χ1v) is 5.98. The van der Waals surface area contributed by atoms with Crippen molar-refractivity contribution in [1.29, 1.82) is 0 Å². The van der Waals surface area contributed by atoms with Crippen LogP contribution in [0.5, 0.6) is 0 Å². The average molecular weight is 229 g/mol. The van der Waals surface area contributed by atoms with Gasteiger partial charge in [0.15, 0.2) is 0 Å². The summed E-state index contributed by atoms with van der Waals surface area (Å²) in [6.45, 7) is 0. The molecule has 88 valence electrons. The summed E-state index contributed by atoms with van der Waals surface area (Å²) < 4.78 is 0. The Kier molecular flexibility index (Phi) is 2.48. The minimum absolute atomic E-state index is 0.101. The number of hydrogen-bond acceptors (Lipinski definition) is 2. The standard InChI is InChI=1S/C14H15NO2/c16-13-11-7-6-10(8-11)12(13)15-14(17)9-4-2-1-3-5-9/h1-7,10-13,16H,8H2,(H,15,17). The van der Waals surface area contributed by atoms with Crippen LogP contribution in [0.3, 0.4) is 0 Å². The van der Waals surface area contributed by atoms with Crippen molar-refractivity contribution in [3.63, 3.8) is 0 Å². The van der Waals surface area contributed by atoms with E-state index in [0.717, 1.165) is 6.42 Å². The van der Waals surface area contributed by atoms with Crippen molar-refractivity contribution in [1.82, 2.24) is 5.32 Å². The molecule has 1 saturated carbocycles. The van der Waals surface area contributed by atoms with Gasteiger partial charge in [-0.15, -0.1) is 0 Å². The minimum Gasteiger partial charge on any atom is -0.390 e. The summed E-state index contributed by atoms with van der Waals surface area (Å²) in [5.41, 5.74) is 0.645. The van der Waals surface area contributed by atoms with E-state index < -0.39 is 6.10 Å². The van der Waals surface area contributed by atoms with Crippen molar-refractivity contribution in [2.75, 3.05) is 0 Å². The van der Waals surface area contributed by atoms with Gasteiger partial charge in [0.25, 0.3) is 5.91 Å². The van der Waals surface area contributed by atoms with Crippen LogP contribution in [-0.2, 0) is 0 Å². The molecule has 4 atom stereocenters. The molecule has 1 aromatic rings. The molecule has 3 nitrogen and oxygen atoms in total. The molecule has 1 amide bonds. The van der Waals surface area contributed by atoms with E-state index in [4.69, 9.17) is 0 Å². The monoisotopic (exact) mass is 229 g/mol. The van der Waals surface area contributed by atoms with Gasteiger partial charge in [-0.1, -0.05) is 30.4 Å². The minimum atomic E-state index is -0.433. The molecule has 2 aliphatic carbocycles. The molecular formula is C14H15NO2. The number of carbonyl (C=O) groups excluding carboxylic acids is 1. The Hall–Kier alpha value is -1.61. The van der Waals surface area contributed by atoms with Gasteiger partial charge < -0.3 is 10.4 Å². The van der Waals surface area contributed by atoms with E-state index in [-0.39, 0.29) is 17.9 Å². The van der Waals surface area contributed by atoms with Gasteiger partial charge in [-0.05, 0) is 18.6 Å². The third-order valence-electron chi connectivity index (χ3n) is 3.75. The quantitative estimate of drug-likeness (QED) is 0.752. The fourth-order valence-corrected chi connectivity index (χ4v) is 2.81.